The second-order valence-corrected chi connectivity index (χ2v) is 5.54. The van der Waals surface area contributed by atoms with Crippen molar-refractivity contribution in [3.8, 4) is 11.4 Å². The maximum Gasteiger partial charge on any atom is 0.173 e. The molecule has 104 valence electrons. The van der Waals surface area contributed by atoms with Gasteiger partial charge in [-0.15, -0.1) is 0 Å². The van der Waals surface area contributed by atoms with E-state index in [0.29, 0.717) is 23.1 Å². The first-order valence-corrected chi connectivity index (χ1v) is 7.10. The molecule has 1 saturated carbocycles. The Morgan fingerprint density at radius 1 is 1.25 bits per heavy atom. The Kier molecular flexibility index (Phi) is 3.41. The Morgan fingerprint density at radius 3 is 2.65 bits per heavy atom. The van der Waals surface area contributed by atoms with Crippen LogP contribution in [0.2, 0.25) is 0 Å². The standard InChI is InChI=1S/C14H12BrF2N3/c1-18-11-6-10(7-2-3-7)19-14(20-11)8-4-5-9(16)13(17)12(8)15/h4-7H,2-3H2,1H3,(H,18,19,20). The van der Waals surface area contributed by atoms with Crippen LogP contribution in [0, 0.1) is 11.6 Å². The van der Waals surface area contributed by atoms with Crippen LogP contribution >= 0.6 is 15.9 Å². The van der Waals surface area contributed by atoms with E-state index in [1.807, 2.05) is 6.07 Å². The van der Waals surface area contributed by atoms with Crippen LogP contribution in [-0.4, -0.2) is 17.0 Å². The average molecular weight is 340 g/mol. The number of aromatic nitrogens is 2. The minimum atomic E-state index is -0.922. The number of benzene rings is 1. The third-order valence-corrected chi connectivity index (χ3v) is 4.05. The zero-order chi connectivity index (χ0) is 14.3. The van der Waals surface area contributed by atoms with Crippen molar-refractivity contribution in [1.82, 2.24) is 9.97 Å². The number of rotatable bonds is 3. The van der Waals surface area contributed by atoms with Gasteiger partial charge in [0.15, 0.2) is 17.5 Å². The minimum Gasteiger partial charge on any atom is -0.373 e. The molecule has 0 spiro atoms. The molecule has 0 saturated heterocycles. The lowest BCUT2D eigenvalue weighted by Crippen LogP contribution is -2.01. The van der Waals surface area contributed by atoms with E-state index < -0.39 is 11.6 Å². The Labute approximate surface area is 123 Å². The summed E-state index contributed by atoms with van der Waals surface area (Å²) in [5.41, 5.74) is 1.39. The van der Waals surface area contributed by atoms with Crippen LogP contribution in [0.25, 0.3) is 11.4 Å². The fraction of sp³-hybridized carbons (Fsp3) is 0.286. The highest BCUT2D eigenvalue weighted by Gasteiger charge is 2.26. The highest BCUT2D eigenvalue weighted by Crippen LogP contribution is 2.40. The smallest absolute Gasteiger partial charge is 0.173 e. The van der Waals surface area contributed by atoms with Crippen LogP contribution in [0.1, 0.15) is 24.5 Å². The second kappa shape index (κ2) is 5.09. The predicted molar refractivity (Wildman–Crippen MR) is 76.6 cm³/mol. The molecule has 1 aromatic carbocycles. The van der Waals surface area contributed by atoms with Crippen LogP contribution in [-0.2, 0) is 0 Å². The Bertz CT molecular complexity index is 672. The maximum atomic E-state index is 13.6. The van der Waals surface area contributed by atoms with E-state index in [-0.39, 0.29) is 4.47 Å². The number of hydrogen-bond donors (Lipinski definition) is 1. The van der Waals surface area contributed by atoms with Crippen molar-refractivity contribution < 1.29 is 8.78 Å². The van der Waals surface area contributed by atoms with Gasteiger partial charge in [0, 0.05) is 30.3 Å². The molecule has 0 aliphatic heterocycles. The summed E-state index contributed by atoms with van der Waals surface area (Å²) >= 11 is 3.08. The summed E-state index contributed by atoms with van der Waals surface area (Å²) in [6, 6.07) is 4.46. The predicted octanol–water partition coefficient (Wildman–Crippen LogP) is 4.10. The lowest BCUT2D eigenvalue weighted by atomic mass is 10.2. The molecule has 0 bridgehead atoms. The van der Waals surface area contributed by atoms with Crippen molar-refractivity contribution in [2.45, 2.75) is 18.8 Å². The first kappa shape index (κ1) is 13.4. The summed E-state index contributed by atoms with van der Waals surface area (Å²) in [4.78, 5) is 8.80. The van der Waals surface area contributed by atoms with Crippen molar-refractivity contribution in [1.29, 1.82) is 0 Å². The molecule has 1 N–H and O–H groups in total. The number of nitrogens with zero attached hydrogens (tertiary/aromatic N) is 2. The zero-order valence-corrected chi connectivity index (χ0v) is 12.3. The molecule has 2 aromatic rings. The summed E-state index contributed by atoms with van der Waals surface area (Å²) in [5.74, 6) is -0.298. The summed E-state index contributed by atoms with van der Waals surface area (Å²) in [5, 5.41) is 2.97. The van der Waals surface area contributed by atoms with Gasteiger partial charge in [-0.2, -0.15) is 0 Å². The first-order valence-electron chi connectivity index (χ1n) is 6.30. The van der Waals surface area contributed by atoms with Gasteiger partial charge >= 0.3 is 0 Å². The molecule has 3 nitrogen and oxygen atoms in total. The molecular weight excluding hydrogens is 328 g/mol. The maximum absolute atomic E-state index is 13.6. The molecule has 0 amide bonds. The van der Waals surface area contributed by atoms with E-state index in [4.69, 9.17) is 0 Å². The summed E-state index contributed by atoms with van der Waals surface area (Å²) in [6.45, 7) is 0. The van der Waals surface area contributed by atoms with Gasteiger partial charge in [0.25, 0.3) is 0 Å². The fourth-order valence-electron chi connectivity index (χ4n) is 2.00. The Balaban J connectivity index is 2.13. The van der Waals surface area contributed by atoms with Gasteiger partial charge in [0.2, 0.25) is 0 Å². The van der Waals surface area contributed by atoms with Crippen LogP contribution in [0.3, 0.4) is 0 Å². The van der Waals surface area contributed by atoms with Crippen LogP contribution in [0.15, 0.2) is 22.7 Å². The number of anilines is 1. The van der Waals surface area contributed by atoms with Crippen molar-refractivity contribution in [3.05, 3.63) is 40.0 Å². The van der Waals surface area contributed by atoms with Crippen LogP contribution < -0.4 is 5.32 Å². The topological polar surface area (TPSA) is 37.8 Å². The molecule has 0 unspecified atom stereocenters. The molecule has 6 heteroatoms. The quantitative estimate of drug-likeness (QED) is 0.855. The number of halogens is 3. The van der Waals surface area contributed by atoms with E-state index in [1.165, 1.54) is 6.07 Å². The van der Waals surface area contributed by atoms with Gasteiger partial charge in [-0.3, -0.25) is 0 Å². The highest BCUT2D eigenvalue weighted by atomic mass is 79.9. The lowest BCUT2D eigenvalue weighted by Gasteiger charge is -2.09. The average Bonchev–Trinajstić information content (AvgIpc) is 3.29. The van der Waals surface area contributed by atoms with E-state index >= 15 is 0 Å². The van der Waals surface area contributed by atoms with Gasteiger partial charge in [-0.1, -0.05) is 0 Å². The second-order valence-electron chi connectivity index (χ2n) is 4.75. The Morgan fingerprint density at radius 2 is 2.00 bits per heavy atom. The van der Waals surface area contributed by atoms with Gasteiger partial charge in [0.1, 0.15) is 5.82 Å². The number of nitrogens with one attached hydrogen (secondary N) is 1. The van der Waals surface area contributed by atoms with Crippen molar-refractivity contribution in [2.75, 3.05) is 12.4 Å². The van der Waals surface area contributed by atoms with Crippen LogP contribution in [0.4, 0.5) is 14.6 Å². The van der Waals surface area contributed by atoms with Crippen molar-refractivity contribution >= 4 is 21.7 Å². The van der Waals surface area contributed by atoms with Crippen molar-refractivity contribution in [2.24, 2.45) is 0 Å². The van der Waals surface area contributed by atoms with E-state index in [0.717, 1.165) is 24.6 Å². The first-order chi connectivity index (χ1) is 9.60. The zero-order valence-electron chi connectivity index (χ0n) is 10.8. The Hall–Kier alpha value is -1.56. The van der Waals surface area contributed by atoms with E-state index in [9.17, 15) is 8.78 Å². The summed E-state index contributed by atoms with van der Waals surface area (Å²) < 4.78 is 26.9. The summed E-state index contributed by atoms with van der Waals surface area (Å²) in [6.07, 6.45) is 2.22. The normalized spacial score (nSPS) is 14.4. The molecule has 1 aromatic heterocycles. The SMILES string of the molecule is CNc1cc(C2CC2)nc(-c2ccc(F)c(F)c2Br)n1. The highest BCUT2D eigenvalue weighted by molar-refractivity contribution is 9.10. The molecule has 3 rings (SSSR count). The molecule has 20 heavy (non-hydrogen) atoms. The molecule has 0 atom stereocenters. The molecular formula is C14H12BrF2N3. The van der Waals surface area contributed by atoms with Gasteiger partial charge < -0.3 is 5.32 Å². The molecule has 0 radical (unpaired) electrons. The summed E-state index contributed by atoms with van der Waals surface area (Å²) in [7, 11) is 1.77. The minimum absolute atomic E-state index is 0.0486. The van der Waals surface area contributed by atoms with Gasteiger partial charge in [0.05, 0.1) is 4.47 Å². The van der Waals surface area contributed by atoms with Crippen LogP contribution in [0.5, 0.6) is 0 Å². The van der Waals surface area contributed by atoms with E-state index in [1.54, 1.807) is 7.05 Å². The third-order valence-electron chi connectivity index (χ3n) is 3.27. The molecule has 1 aliphatic carbocycles. The van der Waals surface area contributed by atoms with Crippen molar-refractivity contribution in [3.63, 3.8) is 0 Å². The van der Waals surface area contributed by atoms with E-state index in [2.05, 4.69) is 31.2 Å². The molecule has 1 aliphatic rings. The monoisotopic (exact) mass is 339 g/mol. The van der Waals surface area contributed by atoms with Gasteiger partial charge in [-0.05, 0) is 40.9 Å². The molecule has 1 fully saturated rings. The third kappa shape index (κ3) is 2.40. The largest absolute Gasteiger partial charge is 0.373 e. The fourth-order valence-corrected chi connectivity index (χ4v) is 2.50. The van der Waals surface area contributed by atoms with Gasteiger partial charge in [-0.25, -0.2) is 18.7 Å². The lowest BCUT2D eigenvalue weighted by molar-refractivity contribution is 0.504. The number of hydrogen-bond acceptors (Lipinski definition) is 3. The molecule has 1 heterocycles.